The number of nitrogens with zero attached hydrogens (tertiary/aromatic N) is 2. The van der Waals surface area contributed by atoms with E-state index >= 15 is 0 Å². The highest BCUT2D eigenvalue weighted by Gasteiger charge is 2.23. The minimum Gasteiger partial charge on any atom is -0.473 e. The van der Waals surface area contributed by atoms with Crippen LogP contribution in [-0.2, 0) is 4.79 Å². The third-order valence-corrected chi connectivity index (χ3v) is 3.67. The lowest BCUT2D eigenvalue weighted by Crippen LogP contribution is -2.41. The molecule has 0 spiro atoms. The number of carbonyl (C=O) groups excluding carboxylic acids is 1. The van der Waals surface area contributed by atoms with Gasteiger partial charge in [0.1, 0.15) is 6.10 Å². The van der Waals surface area contributed by atoms with Crippen molar-refractivity contribution in [2.24, 2.45) is 0 Å². The summed E-state index contributed by atoms with van der Waals surface area (Å²) in [7, 11) is 0. The third kappa shape index (κ3) is 3.80. The van der Waals surface area contributed by atoms with E-state index in [1.54, 1.807) is 18.3 Å². The molecule has 1 fully saturated rings. The molecule has 2 rings (SSSR count). The van der Waals surface area contributed by atoms with Crippen LogP contribution in [0.4, 0.5) is 0 Å². The van der Waals surface area contributed by atoms with Gasteiger partial charge in [-0.3, -0.25) is 4.79 Å². The van der Waals surface area contributed by atoms with Crippen molar-refractivity contribution in [3.05, 3.63) is 35.0 Å². The average Bonchev–Trinajstić information content (AvgIpc) is 2.42. The highest BCUT2D eigenvalue weighted by molar-refractivity contribution is 9.10. The van der Waals surface area contributed by atoms with Gasteiger partial charge in [-0.15, -0.1) is 0 Å². The van der Waals surface area contributed by atoms with Crippen molar-refractivity contribution >= 4 is 21.8 Å². The fourth-order valence-corrected chi connectivity index (χ4v) is 2.41. The van der Waals surface area contributed by atoms with E-state index in [0.29, 0.717) is 5.88 Å². The van der Waals surface area contributed by atoms with Gasteiger partial charge in [-0.1, -0.05) is 6.08 Å². The number of hydrogen-bond acceptors (Lipinski definition) is 3. The summed E-state index contributed by atoms with van der Waals surface area (Å²) < 4.78 is 6.72. The van der Waals surface area contributed by atoms with Gasteiger partial charge in [0.05, 0.1) is 4.47 Å². The second-order valence-corrected chi connectivity index (χ2v) is 5.29. The van der Waals surface area contributed by atoms with Crippen molar-refractivity contribution in [1.29, 1.82) is 0 Å². The van der Waals surface area contributed by atoms with E-state index < -0.39 is 0 Å². The summed E-state index contributed by atoms with van der Waals surface area (Å²) in [6, 6.07) is 3.77. The summed E-state index contributed by atoms with van der Waals surface area (Å²) in [6.45, 7) is 3.32. The van der Waals surface area contributed by atoms with Crippen molar-refractivity contribution in [3.8, 4) is 5.88 Å². The standard InChI is InChI=1S/C14H17BrN2O2/c1-2-4-13(18)17-9-6-11(7-10-17)19-14-12(15)5-3-8-16-14/h2-5,8,11H,6-7,9-10H2,1H3/b4-2+. The Labute approximate surface area is 121 Å². The number of piperidine rings is 1. The zero-order valence-corrected chi connectivity index (χ0v) is 12.5. The number of ether oxygens (including phenoxy) is 1. The lowest BCUT2D eigenvalue weighted by atomic mass is 10.1. The predicted octanol–water partition coefficient (Wildman–Crippen LogP) is 2.79. The van der Waals surface area contributed by atoms with Crippen molar-refractivity contribution in [2.45, 2.75) is 25.9 Å². The summed E-state index contributed by atoms with van der Waals surface area (Å²) in [4.78, 5) is 17.7. The highest BCUT2D eigenvalue weighted by Crippen LogP contribution is 2.24. The van der Waals surface area contributed by atoms with Crippen LogP contribution in [0, 0.1) is 0 Å². The van der Waals surface area contributed by atoms with Crippen molar-refractivity contribution in [2.75, 3.05) is 13.1 Å². The van der Waals surface area contributed by atoms with Crippen LogP contribution in [0.15, 0.2) is 35.0 Å². The van der Waals surface area contributed by atoms with Gasteiger partial charge in [-0.2, -0.15) is 0 Å². The molecule has 1 aromatic rings. The Morgan fingerprint density at radius 3 is 2.89 bits per heavy atom. The van der Waals surface area contributed by atoms with E-state index in [1.807, 2.05) is 24.0 Å². The molecule has 1 amide bonds. The molecule has 1 saturated heterocycles. The van der Waals surface area contributed by atoms with Crippen LogP contribution in [0.25, 0.3) is 0 Å². The Morgan fingerprint density at radius 1 is 1.53 bits per heavy atom. The summed E-state index contributed by atoms with van der Waals surface area (Å²) in [5, 5.41) is 0. The SMILES string of the molecule is C/C=C/C(=O)N1CCC(Oc2ncccc2Br)CC1. The van der Waals surface area contributed by atoms with Gasteiger partial charge in [0.15, 0.2) is 0 Å². The molecule has 0 atom stereocenters. The lowest BCUT2D eigenvalue weighted by molar-refractivity contribution is -0.127. The van der Waals surface area contributed by atoms with Gasteiger partial charge in [0.25, 0.3) is 0 Å². The largest absolute Gasteiger partial charge is 0.473 e. The molecule has 4 nitrogen and oxygen atoms in total. The fourth-order valence-electron chi connectivity index (χ4n) is 2.06. The molecule has 1 aliphatic rings. The molecule has 0 bridgehead atoms. The van der Waals surface area contributed by atoms with Crippen LogP contribution in [0.3, 0.4) is 0 Å². The first kappa shape index (κ1) is 14.1. The van der Waals surface area contributed by atoms with E-state index in [9.17, 15) is 4.79 Å². The van der Waals surface area contributed by atoms with Crippen LogP contribution in [0.1, 0.15) is 19.8 Å². The third-order valence-electron chi connectivity index (χ3n) is 3.07. The number of rotatable bonds is 3. The van der Waals surface area contributed by atoms with Gasteiger partial charge in [-0.05, 0) is 41.1 Å². The zero-order chi connectivity index (χ0) is 13.7. The number of carbonyl (C=O) groups is 1. The molecule has 1 aromatic heterocycles. The minimum absolute atomic E-state index is 0.0833. The predicted molar refractivity (Wildman–Crippen MR) is 77.0 cm³/mol. The Hall–Kier alpha value is -1.36. The van der Waals surface area contributed by atoms with Gasteiger partial charge >= 0.3 is 0 Å². The maximum absolute atomic E-state index is 11.7. The summed E-state index contributed by atoms with van der Waals surface area (Å²) in [5.74, 6) is 0.709. The number of pyridine rings is 1. The van der Waals surface area contributed by atoms with Gasteiger partial charge in [-0.25, -0.2) is 4.98 Å². The van der Waals surface area contributed by atoms with Gasteiger partial charge in [0, 0.05) is 32.1 Å². The number of aromatic nitrogens is 1. The van der Waals surface area contributed by atoms with E-state index in [4.69, 9.17) is 4.74 Å². The number of likely N-dealkylation sites (tertiary alicyclic amines) is 1. The van der Waals surface area contributed by atoms with Crippen LogP contribution < -0.4 is 4.74 Å². The molecule has 102 valence electrons. The normalized spacial score (nSPS) is 16.8. The summed E-state index contributed by atoms with van der Waals surface area (Å²) >= 11 is 3.42. The second-order valence-electron chi connectivity index (χ2n) is 4.43. The van der Waals surface area contributed by atoms with Crippen LogP contribution in [-0.4, -0.2) is 35.0 Å². The fraction of sp³-hybridized carbons (Fsp3) is 0.429. The van der Waals surface area contributed by atoms with Gasteiger partial charge in [0.2, 0.25) is 11.8 Å². The smallest absolute Gasteiger partial charge is 0.246 e. The summed E-state index contributed by atoms with van der Waals surface area (Å²) in [5.41, 5.74) is 0. The molecule has 19 heavy (non-hydrogen) atoms. The maximum atomic E-state index is 11.7. The maximum Gasteiger partial charge on any atom is 0.246 e. The number of allylic oxidation sites excluding steroid dienone is 1. The molecule has 5 heteroatoms. The lowest BCUT2D eigenvalue weighted by Gasteiger charge is -2.31. The Morgan fingerprint density at radius 2 is 2.26 bits per heavy atom. The first-order chi connectivity index (χ1) is 9.20. The van der Waals surface area contributed by atoms with Gasteiger partial charge < -0.3 is 9.64 Å². The molecule has 0 aliphatic carbocycles. The van der Waals surface area contributed by atoms with E-state index in [-0.39, 0.29) is 12.0 Å². The van der Waals surface area contributed by atoms with Crippen LogP contribution >= 0.6 is 15.9 Å². The molecule has 0 unspecified atom stereocenters. The number of hydrogen-bond donors (Lipinski definition) is 0. The van der Waals surface area contributed by atoms with Crippen LogP contribution in [0.2, 0.25) is 0 Å². The molecule has 0 saturated carbocycles. The number of amides is 1. The molecular weight excluding hydrogens is 308 g/mol. The Balaban J connectivity index is 1.87. The molecule has 0 N–H and O–H groups in total. The first-order valence-electron chi connectivity index (χ1n) is 6.39. The van der Waals surface area contributed by atoms with E-state index in [1.165, 1.54) is 0 Å². The topological polar surface area (TPSA) is 42.4 Å². The molecule has 0 radical (unpaired) electrons. The second kappa shape index (κ2) is 6.70. The molecule has 1 aliphatic heterocycles. The molecule has 2 heterocycles. The monoisotopic (exact) mass is 324 g/mol. The van der Waals surface area contributed by atoms with Crippen molar-refractivity contribution in [3.63, 3.8) is 0 Å². The molecule has 0 aromatic carbocycles. The number of halogens is 1. The summed E-state index contributed by atoms with van der Waals surface area (Å²) in [6.07, 6.45) is 6.90. The quantitative estimate of drug-likeness (QED) is 0.803. The van der Waals surface area contributed by atoms with E-state index in [0.717, 1.165) is 30.4 Å². The zero-order valence-electron chi connectivity index (χ0n) is 10.9. The van der Waals surface area contributed by atoms with Crippen LogP contribution in [0.5, 0.6) is 5.88 Å². The Kier molecular flexibility index (Phi) is 4.96. The van der Waals surface area contributed by atoms with Crippen molar-refractivity contribution in [1.82, 2.24) is 9.88 Å². The minimum atomic E-state index is 0.0833. The average molecular weight is 325 g/mol. The highest BCUT2D eigenvalue weighted by atomic mass is 79.9. The first-order valence-corrected chi connectivity index (χ1v) is 7.18. The Bertz CT molecular complexity index is 468. The molecular formula is C14H17BrN2O2. The van der Waals surface area contributed by atoms with Crippen molar-refractivity contribution < 1.29 is 9.53 Å². The van der Waals surface area contributed by atoms with E-state index in [2.05, 4.69) is 20.9 Å².